The van der Waals surface area contributed by atoms with Gasteiger partial charge in [-0.1, -0.05) is 46.9 Å². The molecule has 140 valence electrons. The molecule has 9 heteroatoms. The molecule has 28 heavy (non-hydrogen) atoms. The van der Waals surface area contributed by atoms with Crippen LogP contribution in [0.25, 0.3) is 10.2 Å². The van der Waals surface area contributed by atoms with Crippen molar-refractivity contribution in [2.45, 2.75) is 6.54 Å². The molecule has 0 unspecified atom stereocenters. The largest absolute Gasteiger partial charge is 0.486 e. The summed E-state index contributed by atoms with van der Waals surface area (Å²) in [7, 11) is 0. The van der Waals surface area contributed by atoms with Gasteiger partial charge in [-0.25, -0.2) is 9.67 Å². The van der Waals surface area contributed by atoms with Crippen LogP contribution in [0.3, 0.4) is 0 Å². The van der Waals surface area contributed by atoms with E-state index >= 15 is 0 Å². The van der Waals surface area contributed by atoms with Gasteiger partial charge >= 0.3 is 0 Å². The molecule has 0 radical (unpaired) electrons. The molecule has 8 nitrogen and oxygen atoms in total. The second kappa shape index (κ2) is 6.93. The lowest BCUT2D eigenvalue weighted by atomic mass is 10.2. The van der Waals surface area contributed by atoms with Crippen LogP contribution in [0, 0.1) is 0 Å². The van der Waals surface area contributed by atoms with E-state index in [4.69, 9.17) is 9.47 Å². The van der Waals surface area contributed by atoms with E-state index in [1.54, 1.807) is 10.9 Å². The first-order valence-corrected chi connectivity index (χ1v) is 9.52. The van der Waals surface area contributed by atoms with Gasteiger partial charge in [0.15, 0.2) is 22.3 Å². The van der Waals surface area contributed by atoms with Gasteiger partial charge in [-0.15, -0.1) is 5.10 Å². The summed E-state index contributed by atoms with van der Waals surface area (Å²) in [5.41, 5.74) is 2.07. The van der Waals surface area contributed by atoms with Gasteiger partial charge in [0.25, 0.3) is 5.91 Å². The smallest absolute Gasteiger partial charge is 0.279 e. The van der Waals surface area contributed by atoms with Gasteiger partial charge in [0.2, 0.25) is 0 Å². The van der Waals surface area contributed by atoms with E-state index in [2.05, 4.69) is 20.6 Å². The Morgan fingerprint density at radius 1 is 1.14 bits per heavy atom. The van der Waals surface area contributed by atoms with E-state index in [9.17, 15) is 4.79 Å². The number of fused-ring (bicyclic) bond motifs is 2. The molecule has 1 amide bonds. The minimum atomic E-state index is -0.351. The standard InChI is InChI=1S/C19H15N5O3S/c25-18(14-11-24(23-22-14)10-12-4-2-1-3-5-12)21-19-20-13-8-15-16(9-17(13)28-19)27-7-6-26-15/h1-5,8-9,11H,6-7,10H2,(H,20,21,25). The van der Waals surface area contributed by atoms with Crippen LogP contribution in [0.15, 0.2) is 48.7 Å². The van der Waals surface area contributed by atoms with E-state index in [-0.39, 0.29) is 11.6 Å². The molecule has 1 aliphatic rings. The van der Waals surface area contributed by atoms with Crippen molar-refractivity contribution in [2.24, 2.45) is 0 Å². The minimum Gasteiger partial charge on any atom is -0.486 e. The number of nitrogens with one attached hydrogen (secondary N) is 1. The number of hydrogen-bond acceptors (Lipinski definition) is 7. The van der Waals surface area contributed by atoms with Gasteiger partial charge in [-0.2, -0.15) is 0 Å². The van der Waals surface area contributed by atoms with E-state index in [0.717, 1.165) is 15.8 Å². The highest BCUT2D eigenvalue weighted by Gasteiger charge is 2.17. The number of benzene rings is 2. The van der Waals surface area contributed by atoms with E-state index in [1.807, 2.05) is 42.5 Å². The van der Waals surface area contributed by atoms with Crippen LogP contribution >= 0.6 is 11.3 Å². The average Bonchev–Trinajstić information content (AvgIpc) is 3.33. The first-order valence-electron chi connectivity index (χ1n) is 8.70. The van der Waals surface area contributed by atoms with Crippen LogP contribution in [0.1, 0.15) is 16.1 Å². The average molecular weight is 393 g/mol. The number of anilines is 1. The molecule has 0 atom stereocenters. The third-order valence-corrected chi connectivity index (χ3v) is 5.17. The SMILES string of the molecule is O=C(Nc1nc2cc3c(cc2s1)OCCO3)c1cn(Cc2ccccc2)nn1. The van der Waals surface area contributed by atoms with E-state index < -0.39 is 0 Å². The van der Waals surface area contributed by atoms with Crippen molar-refractivity contribution in [3.63, 3.8) is 0 Å². The van der Waals surface area contributed by atoms with Crippen LogP contribution in [0.2, 0.25) is 0 Å². The lowest BCUT2D eigenvalue weighted by molar-refractivity contribution is 0.102. The maximum absolute atomic E-state index is 12.5. The molecule has 0 saturated carbocycles. The lowest BCUT2D eigenvalue weighted by Gasteiger charge is -2.17. The molecule has 1 aliphatic heterocycles. The molecule has 0 saturated heterocycles. The summed E-state index contributed by atoms with van der Waals surface area (Å²) in [6.45, 7) is 1.60. The normalized spacial score (nSPS) is 12.9. The molecule has 0 aliphatic carbocycles. The molecule has 1 N–H and O–H groups in total. The number of carbonyl (C=O) groups excluding carboxylic acids is 1. The second-order valence-corrected chi connectivity index (χ2v) is 7.25. The Morgan fingerprint density at radius 2 is 1.93 bits per heavy atom. The molecule has 4 aromatic rings. The van der Waals surface area contributed by atoms with Crippen LogP contribution in [0.5, 0.6) is 11.5 Å². The number of hydrogen-bond donors (Lipinski definition) is 1. The van der Waals surface area contributed by atoms with Gasteiger partial charge in [0, 0.05) is 12.1 Å². The maximum atomic E-state index is 12.5. The Labute approximate surface area is 163 Å². The topological polar surface area (TPSA) is 91.2 Å². The zero-order valence-electron chi connectivity index (χ0n) is 14.7. The van der Waals surface area contributed by atoms with E-state index in [1.165, 1.54) is 11.3 Å². The van der Waals surface area contributed by atoms with Gasteiger partial charge < -0.3 is 9.47 Å². The zero-order chi connectivity index (χ0) is 18.9. The Morgan fingerprint density at radius 3 is 2.75 bits per heavy atom. The molecule has 5 rings (SSSR count). The van der Waals surface area contributed by atoms with Crippen molar-refractivity contribution in [3.05, 3.63) is 59.9 Å². The first-order chi connectivity index (χ1) is 13.7. The Balaban J connectivity index is 1.32. The third kappa shape index (κ3) is 3.27. The summed E-state index contributed by atoms with van der Waals surface area (Å²) in [4.78, 5) is 17.0. The van der Waals surface area contributed by atoms with Crippen LogP contribution < -0.4 is 14.8 Å². The molecular weight excluding hydrogens is 378 g/mol. The second-order valence-electron chi connectivity index (χ2n) is 6.22. The van der Waals surface area contributed by atoms with Crippen molar-refractivity contribution in [2.75, 3.05) is 18.5 Å². The Bertz CT molecular complexity index is 1110. The number of ether oxygens (including phenoxy) is 2. The molecular formula is C19H15N5O3S. The summed E-state index contributed by atoms with van der Waals surface area (Å²) in [5, 5.41) is 11.3. The molecule has 0 fully saturated rings. The van der Waals surface area contributed by atoms with Crippen LogP contribution in [0.4, 0.5) is 5.13 Å². The summed E-state index contributed by atoms with van der Waals surface area (Å²) >= 11 is 1.37. The predicted octanol–water partition coefficient (Wildman–Crippen LogP) is 2.96. The third-order valence-electron chi connectivity index (χ3n) is 4.23. The van der Waals surface area contributed by atoms with Gasteiger partial charge in [0.1, 0.15) is 13.2 Å². The van der Waals surface area contributed by atoms with Crippen molar-refractivity contribution in [1.29, 1.82) is 0 Å². The van der Waals surface area contributed by atoms with Crippen molar-refractivity contribution < 1.29 is 14.3 Å². The van der Waals surface area contributed by atoms with Gasteiger partial charge in [0.05, 0.1) is 23.0 Å². The molecule has 0 bridgehead atoms. The highest BCUT2D eigenvalue weighted by molar-refractivity contribution is 7.22. The number of thiazole rings is 1. The van der Waals surface area contributed by atoms with Gasteiger partial charge in [-0.05, 0) is 5.56 Å². The fourth-order valence-corrected chi connectivity index (χ4v) is 3.80. The molecule has 3 heterocycles. The maximum Gasteiger partial charge on any atom is 0.279 e. The monoisotopic (exact) mass is 393 g/mol. The molecule has 0 spiro atoms. The number of rotatable bonds is 4. The summed E-state index contributed by atoms with van der Waals surface area (Å²) in [5.74, 6) is 1.02. The molecule has 2 aromatic heterocycles. The highest BCUT2D eigenvalue weighted by atomic mass is 32.1. The van der Waals surface area contributed by atoms with Crippen LogP contribution in [-0.2, 0) is 6.54 Å². The predicted molar refractivity (Wildman–Crippen MR) is 104 cm³/mol. The quantitative estimate of drug-likeness (QED) is 0.573. The van der Waals surface area contributed by atoms with Crippen molar-refractivity contribution >= 4 is 32.6 Å². The zero-order valence-corrected chi connectivity index (χ0v) is 15.5. The fraction of sp³-hybridized carbons (Fsp3) is 0.158. The fourth-order valence-electron chi connectivity index (χ4n) is 2.93. The van der Waals surface area contributed by atoms with Crippen molar-refractivity contribution in [3.8, 4) is 11.5 Å². The highest BCUT2D eigenvalue weighted by Crippen LogP contribution is 2.37. The number of aromatic nitrogens is 4. The minimum absolute atomic E-state index is 0.237. The molecule has 2 aromatic carbocycles. The number of nitrogens with zero attached hydrogens (tertiary/aromatic N) is 4. The number of carbonyl (C=O) groups is 1. The van der Waals surface area contributed by atoms with E-state index in [0.29, 0.717) is 36.4 Å². The number of amides is 1. The summed E-state index contributed by atoms with van der Waals surface area (Å²) in [6, 6.07) is 13.6. The first kappa shape index (κ1) is 16.7. The summed E-state index contributed by atoms with van der Waals surface area (Å²) < 4.78 is 13.7. The van der Waals surface area contributed by atoms with Crippen LogP contribution in [-0.4, -0.2) is 39.1 Å². The summed E-state index contributed by atoms with van der Waals surface area (Å²) in [6.07, 6.45) is 1.62. The lowest BCUT2D eigenvalue weighted by Crippen LogP contribution is -2.15. The Kier molecular flexibility index (Phi) is 4.13. The Hall–Kier alpha value is -3.46. The van der Waals surface area contributed by atoms with Crippen molar-refractivity contribution in [1.82, 2.24) is 20.0 Å². The van der Waals surface area contributed by atoms with Gasteiger partial charge in [-0.3, -0.25) is 10.1 Å².